The van der Waals surface area contributed by atoms with Crippen LogP contribution in [0.25, 0.3) is 11.0 Å². The van der Waals surface area contributed by atoms with E-state index in [1.54, 1.807) is 35.8 Å². The van der Waals surface area contributed by atoms with Crippen molar-refractivity contribution in [2.75, 3.05) is 5.32 Å². The van der Waals surface area contributed by atoms with Gasteiger partial charge in [0.2, 0.25) is 5.55 Å². The lowest BCUT2D eigenvalue weighted by atomic mass is 10.0. The smallest absolute Gasteiger partial charge is 0.262 e. The Labute approximate surface area is 176 Å². The van der Waals surface area contributed by atoms with Crippen molar-refractivity contribution in [2.45, 2.75) is 19.8 Å². The number of nitrogens with zero attached hydrogens (tertiary/aromatic N) is 2. The fourth-order valence-corrected chi connectivity index (χ4v) is 3.55. The number of halogens is 1. The Hall–Kier alpha value is -2.96. The molecule has 0 radical (unpaired) electrons. The number of thiazole rings is 1. The van der Waals surface area contributed by atoms with Gasteiger partial charge in [-0.2, -0.15) is 0 Å². The van der Waals surface area contributed by atoms with E-state index >= 15 is 0 Å². The van der Waals surface area contributed by atoms with Gasteiger partial charge in [-0.15, -0.1) is 11.3 Å². The van der Waals surface area contributed by atoms with Gasteiger partial charge in [-0.3, -0.25) is 10.1 Å². The van der Waals surface area contributed by atoms with Crippen molar-refractivity contribution in [3.8, 4) is 0 Å². The first-order chi connectivity index (χ1) is 14.0. The molecule has 1 N–H and O–H groups in total. The molecule has 0 fully saturated rings. The van der Waals surface area contributed by atoms with Crippen LogP contribution in [0.4, 0.5) is 10.8 Å². The molecule has 0 saturated heterocycles. The third kappa shape index (κ3) is 4.39. The normalized spacial score (nSPS) is 11.9. The van der Waals surface area contributed by atoms with Crippen LogP contribution in [-0.4, -0.2) is 10.9 Å². The van der Waals surface area contributed by atoms with Crippen molar-refractivity contribution in [3.05, 3.63) is 81.8 Å². The molecule has 29 heavy (non-hydrogen) atoms. The summed E-state index contributed by atoms with van der Waals surface area (Å²) in [5.41, 5.74) is 3.05. The van der Waals surface area contributed by atoms with E-state index in [1.807, 2.05) is 24.3 Å². The highest BCUT2D eigenvalue weighted by molar-refractivity contribution is 7.13. The van der Waals surface area contributed by atoms with Crippen LogP contribution in [0.5, 0.6) is 0 Å². The fraction of sp³-hybridized carbons (Fsp3) is 0.136. The van der Waals surface area contributed by atoms with E-state index in [0.717, 1.165) is 5.39 Å². The predicted octanol–water partition coefficient (Wildman–Crippen LogP) is 6.15. The number of fused-ring (bicyclic) bond motifs is 1. The van der Waals surface area contributed by atoms with Gasteiger partial charge in [-0.1, -0.05) is 37.6 Å². The molecule has 2 aromatic carbocycles. The Morgan fingerprint density at radius 3 is 2.66 bits per heavy atom. The minimum atomic E-state index is -0.344. The molecule has 0 saturated carbocycles. The third-order valence-electron chi connectivity index (χ3n) is 4.40. The van der Waals surface area contributed by atoms with Crippen LogP contribution in [0.15, 0.2) is 69.5 Å². The number of hydrogen-bond donors (Lipinski definition) is 1. The fourth-order valence-electron chi connectivity index (χ4n) is 2.85. The summed E-state index contributed by atoms with van der Waals surface area (Å²) in [4.78, 5) is 21.6. The van der Waals surface area contributed by atoms with E-state index < -0.39 is 0 Å². The Balaban J connectivity index is 1.83. The van der Waals surface area contributed by atoms with Crippen molar-refractivity contribution >= 4 is 50.6 Å². The van der Waals surface area contributed by atoms with E-state index in [0.29, 0.717) is 32.9 Å². The molecular formula is C22H18ClN3O2S. The van der Waals surface area contributed by atoms with E-state index in [-0.39, 0.29) is 11.5 Å². The van der Waals surface area contributed by atoms with Crippen LogP contribution in [0.2, 0.25) is 5.02 Å². The number of carbonyl (C=O) groups is 1. The number of aromatic nitrogens is 1. The first kappa shape index (κ1) is 19.4. The summed E-state index contributed by atoms with van der Waals surface area (Å²) in [5.74, 6) is 0.0851. The van der Waals surface area contributed by atoms with Crippen molar-refractivity contribution in [1.29, 1.82) is 0 Å². The van der Waals surface area contributed by atoms with Gasteiger partial charge in [-0.05, 0) is 47.9 Å². The second-order valence-corrected chi connectivity index (χ2v) is 8.13. The van der Waals surface area contributed by atoms with E-state index in [2.05, 4.69) is 29.1 Å². The Kier molecular flexibility index (Phi) is 5.47. The van der Waals surface area contributed by atoms with Gasteiger partial charge in [0.05, 0.1) is 5.69 Å². The number of amides is 1. The molecule has 7 heteroatoms. The number of carbonyl (C=O) groups excluding carboxylic acids is 1. The molecule has 0 aliphatic heterocycles. The van der Waals surface area contributed by atoms with Gasteiger partial charge in [0.25, 0.3) is 5.91 Å². The molecule has 0 aliphatic carbocycles. The maximum atomic E-state index is 12.9. The van der Waals surface area contributed by atoms with Crippen molar-refractivity contribution in [3.63, 3.8) is 0 Å². The first-order valence-corrected chi connectivity index (χ1v) is 10.3. The summed E-state index contributed by atoms with van der Waals surface area (Å²) in [5, 5.41) is 6.37. The van der Waals surface area contributed by atoms with E-state index in [4.69, 9.17) is 16.0 Å². The molecule has 1 amide bonds. The zero-order valence-corrected chi connectivity index (χ0v) is 17.4. The SMILES string of the molecule is CC(C)c1ccc(N=c2oc3ccc(Cl)cc3cc2C(=O)Nc2nccs2)cc1. The molecular weight excluding hydrogens is 406 g/mol. The lowest BCUT2D eigenvalue weighted by Gasteiger charge is -2.06. The zero-order valence-electron chi connectivity index (χ0n) is 15.8. The Bertz CT molecular complexity index is 1230. The van der Waals surface area contributed by atoms with E-state index in [1.165, 1.54) is 16.9 Å². The van der Waals surface area contributed by atoms with Gasteiger partial charge in [0.15, 0.2) is 5.13 Å². The lowest BCUT2D eigenvalue weighted by Crippen LogP contribution is -2.21. The summed E-state index contributed by atoms with van der Waals surface area (Å²) in [6.45, 7) is 4.27. The highest BCUT2D eigenvalue weighted by Crippen LogP contribution is 2.22. The van der Waals surface area contributed by atoms with Crippen molar-refractivity contribution < 1.29 is 9.21 Å². The average Bonchev–Trinajstić information content (AvgIpc) is 3.21. The standard InChI is InChI=1S/C22H18ClN3O2S/c1-13(2)14-3-6-17(7-4-14)25-21-18(20(27)26-22-24-9-10-29-22)12-15-11-16(23)5-8-19(15)28-21/h3-13H,1-2H3,(H,24,26,27). The zero-order chi connectivity index (χ0) is 20.4. The highest BCUT2D eigenvalue weighted by Gasteiger charge is 2.14. The van der Waals surface area contributed by atoms with Gasteiger partial charge in [-0.25, -0.2) is 9.98 Å². The van der Waals surface area contributed by atoms with Gasteiger partial charge >= 0.3 is 0 Å². The van der Waals surface area contributed by atoms with Crippen molar-refractivity contribution in [1.82, 2.24) is 4.98 Å². The lowest BCUT2D eigenvalue weighted by molar-refractivity contribution is 0.102. The molecule has 5 nitrogen and oxygen atoms in total. The average molecular weight is 424 g/mol. The van der Waals surface area contributed by atoms with Crippen LogP contribution >= 0.6 is 22.9 Å². The Morgan fingerprint density at radius 1 is 1.17 bits per heavy atom. The summed E-state index contributed by atoms with van der Waals surface area (Å²) in [7, 11) is 0. The number of anilines is 1. The van der Waals surface area contributed by atoms with Gasteiger partial charge in [0.1, 0.15) is 11.1 Å². The summed E-state index contributed by atoms with van der Waals surface area (Å²) >= 11 is 7.44. The first-order valence-electron chi connectivity index (χ1n) is 9.08. The largest absolute Gasteiger partial charge is 0.438 e. The molecule has 0 unspecified atom stereocenters. The second-order valence-electron chi connectivity index (χ2n) is 6.80. The van der Waals surface area contributed by atoms with Crippen LogP contribution in [0.3, 0.4) is 0 Å². The number of rotatable bonds is 4. The molecule has 0 spiro atoms. The maximum Gasteiger partial charge on any atom is 0.262 e. The van der Waals surface area contributed by atoms with Crippen LogP contribution in [-0.2, 0) is 0 Å². The number of benzene rings is 2. The minimum Gasteiger partial charge on any atom is -0.438 e. The summed E-state index contributed by atoms with van der Waals surface area (Å²) < 4.78 is 5.97. The van der Waals surface area contributed by atoms with Crippen molar-refractivity contribution in [2.24, 2.45) is 4.99 Å². The predicted molar refractivity (Wildman–Crippen MR) is 117 cm³/mol. The summed E-state index contributed by atoms with van der Waals surface area (Å²) in [6.07, 6.45) is 1.63. The van der Waals surface area contributed by atoms with Crippen LogP contribution in [0.1, 0.15) is 35.7 Å². The molecule has 146 valence electrons. The highest BCUT2D eigenvalue weighted by atomic mass is 35.5. The molecule has 0 aliphatic rings. The minimum absolute atomic E-state index is 0.228. The molecule has 0 atom stereocenters. The monoisotopic (exact) mass is 423 g/mol. The second kappa shape index (κ2) is 8.19. The van der Waals surface area contributed by atoms with E-state index in [9.17, 15) is 4.79 Å². The molecule has 4 aromatic rings. The maximum absolute atomic E-state index is 12.9. The molecule has 0 bridgehead atoms. The molecule has 2 heterocycles. The summed E-state index contributed by atoms with van der Waals surface area (Å²) in [6, 6.07) is 14.9. The molecule has 4 rings (SSSR count). The van der Waals surface area contributed by atoms with Gasteiger partial charge < -0.3 is 4.42 Å². The molecule has 2 aromatic heterocycles. The quantitative estimate of drug-likeness (QED) is 0.428. The number of hydrogen-bond acceptors (Lipinski definition) is 5. The topological polar surface area (TPSA) is 67.5 Å². The van der Waals surface area contributed by atoms with Crippen LogP contribution < -0.4 is 10.9 Å². The van der Waals surface area contributed by atoms with Crippen LogP contribution in [0, 0.1) is 0 Å². The third-order valence-corrected chi connectivity index (χ3v) is 5.32. The Morgan fingerprint density at radius 2 is 1.97 bits per heavy atom. The van der Waals surface area contributed by atoms with Gasteiger partial charge in [0, 0.05) is 22.0 Å². The number of nitrogens with one attached hydrogen (secondary N) is 1.